The second-order valence-corrected chi connectivity index (χ2v) is 8.48. The first-order chi connectivity index (χ1) is 13.8. The normalized spacial score (nSPS) is 15.2. The maximum Gasteiger partial charge on any atom is 0.261 e. The molecule has 0 unspecified atom stereocenters. The van der Waals surface area contributed by atoms with E-state index in [1.807, 2.05) is 12.1 Å². The number of methoxy groups -OCH3 is 2. The van der Waals surface area contributed by atoms with Gasteiger partial charge in [0.1, 0.15) is 5.75 Å². The minimum Gasteiger partial charge on any atom is -0.496 e. The van der Waals surface area contributed by atoms with Crippen LogP contribution in [0.2, 0.25) is 0 Å². The van der Waals surface area contributed by atoms with Gasteiger partial charge in [-0.05, 0) is 55.3 Å². The average Bonchev–Trinajstić information content (AvgIpc) is 2.73. The zero-order valence-corrected chi connectivity index (χ0v) is 17.2. The number of hydrogen-bond donors (Lipinski definition) is 2. The van der Waals surface area contributed by atoms with E-state index in [2.05, 4.69) is 9.62 Å². The molecule has 0 aliphatic carbocycles. The smallest absolute Gasteiger partial charge is 0.261 e. The van der Waals surface area contributed by atoms with E-state index in [1.165, 1.54) is 25.3 Å². The van der Waals surface area contributed by atoms with Crippen LogP contribution in [-0.4, -0.2) is 47.7 Å². The summed E-state index contributed by atoms with van der Waals surface area (Å²) in [7, 11) is -0.771. The Labute approximate surface area is 170 Å². The Bertz CT molecular complexity index is 968. The third kappa shape index (κ3) is 4.80. The molecule has 1 aliphatic rings. The molecule has 3 N–H and O–H groups in total. The molecule has 1 amide bonds. The lowest BCUT2D eigenvalue weighted by Crippen LogP contribution is -2.36. The number of primary amides is 1. The lowest BCUT2D eigenvalue weighted by molar-refractivity contribution is 0.0819. The Hall–Kier alpha value is -2.78. The molecule has 1 fully saturated rings. The fourth-order valence-corrected chi connectivity index (χ4v) is 4.44. The Morgan fingerprint density at radius 2 is 1.76 bits per heavy atom. The number of carbonyl (C=O) groups excluding carboxylic acids is 1. The maximum atomic E-state index is 12.7. The van der Waals surface area contributed by atoms with E-state index in [1.54, 1.807) is 19.2 Å². The molecule has 9 heteroatoms. The summed E-state index contributed by atoms with van der Waals surface area (Å²) in [5, 5.41) is 0. The van der Waals surface area contributed by atoms with Crippen molar-refractivity contribution in [3.05, 3.63) is 48.0 Å². The average molecular weight is 420 g/mol. The summed E-state index contributed by atoms with van der Waals surface area (Å²) in [6.07, 6.45) is 2.22. The number of piperidine rings is 1. The highest BCUT2D eigenvalue weighted by Crippen LogP contribution is 2.26. The van der Waals surface area contributed by atoms with Gasteiger partial charge in [0.05, 0.1) is 23.7 Å². The highest BCUT2D eigenvalue weighted by molar-refractivity contribution is 7.92. The summed E-state index contributed by atoms with van der Waals surface area (Å²) in [6.45, 7) is 1.79. The topological polar surface area (TPSA) is 111 Å². The van der Waals surface area contributed by atoms with Crippen molar-refractivity contribution in [2.45, 2.75) is 23.8 Å². The first-order valence-corrected chi connectivity index (χ1v) is 10.7. The van der Waals surface area contributed by atoms with Crippen LogP contribution < -0.4 is 20.1 Å². The van der Waals surface area contributed by atoms with Gasteiger partial charge in [0.2, 0.25) is 0 Å². The van der Waals surface area contributed by atoms with Gasteiger partial charge in [-0.15, -0.1) is 0 Å². The molecule has 3 rings (SSSR count). The maximum absolute atomic E-state index is 12.7. The van der Waals surface area contributed by atoms with Crippen molar-refractivity contribution in [3.8, 4) is 5.75 Å². The van der Waals surface area contributed by atoms with Gasteiger partial charge >= 0.3 is 0 Å². The number of nitrogens with one attached hydrogen (secondary N) is 1. The number of nitrogens with two attached hydrogens (primary N) is 1. The van der Waals surface area contributed by atoms with Crippen LogP contribution in [0.15, 0.2) is 47.4 Å². The molecule has 29 heavy (non-hydrogen) atoms. The lowest BCUT2D eigenvalue weighted by Gasteiger charge is -2.33. The number of benzene rings is 2. The van der Waals surface area contributed by atoms with Crippen LogP contribution in [-0.2, 0) is 14.8 Å². The molecule has 0 radical (unpaired) electrons. The van der Waals surface area contributed by atoms with E-state index < -0.39 is 15.9 Å². The van der Waals surface area contributed by atoms with Crippen LogP contribution in [0, 0.1) is 0 Å². The molecule has 2 aromatic rings. The van der Waals surface area contributed by atoms with E-state index in [4.69, 9.17) is 15.2 Å². The molecule has 8 nitrogen and oxygen atoms in total. The molecule has 1 heterocycles. The molecule has 1 saturated heterocycles. The van der Waals surface area contributed by atoms with Crippen molar-refractivity contribution in [2.75, 3.05) is 36.9 Å². The number of rotatable bonds is 7. The van der Waals surface area contributed by atoms with Gasteiger partial charge in [0.15, 0.2) is 0 Å². The van der Waals surface area contributed by atoms with Crippen LogP contribution in [0.1, 0.15) is 23.2 Å². The van der Waals surface area contributed by atoms with Gasteiger partial charge in [-0.2, -0.15) is 0 Å². The molecule has 0 spiro atoms. The number of carbonyl (C=O) groups is 1. The number of ether oxygens (including phenoxy) is 2. The SMILES string of the molecule is COc1ccc(S(=O)(=O)Nc2ccc(N3CCC(OC)CC3)cc2)cc1C(N)=O. The predicted molar refractivity (Wildman–Crippen MR) is 111 cm³/mol. The largest absolute Gasteiger partial charge is 0.496 e. The highest BCUT2D eigenvalue weighted by atomic mass is 32.2. The van der Waals surface area contributed by atoms with Crippen molar-refractivity contribution in [1.82, 2.24) is 0 Å². The summed E-state index contributed by atoms with van der Waals surface area (Å²) in [5.41, 5.74) is 6.78. The molecule has 0 saturated carbocycles. The van der Waals surface area contributed by atoms with Crippen LogP contribution in [0.25, 0.3) is 0 Å². The van der Waals surface area contributed by atoms with Gasteiger partial charge in [0, 0.05) is 31.6 Å². The van der Waals surface area contributed by atoms with Gasteiger partial charge in [0.25, 0.3) is 15.9 Å². The Morgan fingerprint density at radius 3 is 2.31 bits per heavy atom. The first kappa shape index (κ1) is 20.9. The third-order valence-electron chi connectivity index (χ3n) is 5.01. The van der Waals surface area contributed by atoms with Gasteiger partial charge in [-0.25, -0.2) is 8.42 Å². The van der Waals surface area contributed by atoms with Crippen LogP contribution in [0.4, 0.5) is 11.4 Å². The number of amides is 1. The van der Waals surface area contributed by atoms with Crippen LogP contribution >= 0.6 is 0 Å². The molecule has 2 aromatic carbocycles. The van der Waals surface area contributed by atoms with Crippen molar-refractivity contribution in [1.29, 1.82) is 0 Å². The minimum atomic E-state index is -3.89. The number of hydrogen-bond acceptors (Lipinski definition) is 6. The molecular weight excluding hydrogens is 394 g/mol. The fourth-order valence-electron chi connectivity index (χ4n) is 3.35. The molecule has 0 aromatic heterocycles. The quantitative estimate of drug-likeness (QED) is 0.712. The van der Waals surface area contributed by atoms with Gasteiger partial charge < -0.3 is 20.1 Å². The lowest BCUT2D eigenvalue weighted by atomic mass is 10.1. The standard InChI is InChI=1S/C20H25N3O5S/c1-27-16-9-11-23(12-10-16)15-5-3-14(4-6-15)22-29(25,26)17-7-8-19(28-2)18(13-17)20(21)24/h3-8,13,16,22H,9-12H2,1-2H3,(H2,21,24). The van der Waals surface area contributed by atoms with Crippen molar-refractivity contribution >= 4 is 27.3 Å². The predicted octanol–water partition coefficient (Wildman–Crippen LogP) is 2.21. The first-order valence-electron chi connectivity index (χ1n) is 9.22. The van der Waals surface area contributed by atoms with E-state index >= 15 is 0 Å². The third-order valence-corrected chi connectivity index (χ3v) is 6.39. The van der Waals surface area contributed by atoms with Crippen LogP contribution in [0.3, 0.4) is 0 Å². The second kappa shape index (κ2) is 8.71. The number of anilines is 2. The van der Waals surface area contributed by atoms with Crippen molar-refractivity contribution in [2.24, 2.45) is 5.73 Å². The fraction of sp³-hybridized carbons (Fsp3) is 0.350. The molecular formula is C20H25N3O5S. The zero-order chi connectivity index (χ0) is 21.0. The molecule has 0 atom stereocenters. The van der Waals surface area contributed by atoms with E-state index in [0.717, 1.165) is 31.6 Å². The highest BCUT2D eigenvalue weighted by Gasteiger charge is 2.20. The Balaban J connectivity index is 1.74. The molecule has 156 valence electrons. The summed E-state index contributed by atoms with van der Waals surface area (Å²) in [5.74, 6) is -0.543. The number of nitrogens with zero attached hydrogens (tertiary/aromatic N) is 1. The molecule has 1 aliphatic heterocycles. The summed E-state index contributed by atoms with van der Waals surface area (Å²) in [4.78, 5) is 13.7. The Kier molecular flexibility index (Phi) is 6.29. The van der Waals surface area contributed by atoms with Crippen molar-refractivity contribution in [3.63, 3.8) is 0 Å². The monoisotopic (exact) mass is 419 g/mol. The molecule has 0 bridgehead atoms. The number of sulfonamides is 1. The second-order valence-electron chi connectivity index (χ2n) is 6.80. The van der Waals surface area contributed by atoms with Crippen LogP contribution in [0.5, 0.6) is 5.75 Å². The van der Waals surface area contributed by atoms with Gasteiger partial charge in [-0.3, -0.25) is 9.52 Å². The van der Waals surface area contributed by atoms with E-state index in [-0.39, 0.29) is 16.2 Å². The summed E-state index contributed by atoms with van der Waals surface area (Å²) in [6, 6.07) is 11.2. The summed E-state index contributed by atoms with van der Waals surface area (Å²) >= 11 is 0. The van der Waals surface area contributed by atoms with Crippen molar-refractivity contribution < 1.29 is 22.7 Å². The summed E-state index contributed by atoms with van der Waals surface area (Å²) < 4.78 is 38.4. The van der Waals surface area contributed by atoms with E-state index in [9.17, 15) is 13.2 Å². The Morgan fingerprint density at radius 1 is 1.10 bits per heavy atom. The van der Waals surface area contributed by atoms with E-state index in [0.29, 0.717) is 11.8 Å². The minimum absolute atomic E-state index is 0.00480. The van der Waals surface area contributed by atoms with Gasteiger partial charge in [-0.1, -0.05) is 0 Å². The zero-order valence-electron chi connectivity index (χ0n) is 16.4.